The Morgan fingerprint density at radius 2 is 2.22 bits per heavy atom. The van der Waals surface area contributed by atoms with Crippen molar-refractivity contribution in [2.24, 2.45) is 5.73 Å². The van der Waals surface area contributed by atoms with Crippen molar-refractivity contribution in [3.8, 4) is 5.75 Å². The minimum absolute atomic E-state index is 0.00417. The second-order valence-electron chi connectivity index (χ2n) is 3.93. The third-order valence-corrected chi connectivity index (χ3v) is 2.98. The van der Waals surface area contributed by atoms with Crippen LogP contribution in [0.2, 0.25) is 0 Å². The highest BCUT2D eigenvalue weighted by atomic mass is 32.2. The van der Waals surface area contributed by atoms with Gasteiger partial charge in [0.2, 0.25) is 0 Å². The molecule has 0 radical (unpaired) electrons. The zero-order chi connectivity index (χ0) is 13.7. The van der Waals surface area contributed by atoms with E-state index in [1.54, 1.807) is 18.2 Å². The van der Waals surface area contributed by atoms with Crippen LogP contribution in [0.15, 0.2) is 18.2 Å². The number of benzene rings is 1. The van der Waals surface area contributed by atoms with Gasteiger partial charge in [-0.1, -0.05) is 13.0 Å². The quantitative estimate of drug-likeness (QED) is 0.402. The average molecular weight is 272 g/mol. The first kappa shape index (κ1) is 14.9. The molecule has 0 spiro atoms. The lowest BCUT2D eigenvalue weighted by molar-refractivity contribution is 0.214. The SMILES string of the molecule is CCC(C)Oc1cccc(N)c1C(N)NS(=O)[O-]. The van der Waals surface area contributed by atoms with Crippen LogP contribution in [0.1, 0.15) is 32.0 Å². The van der Waals surface area contributed by atoms with E-state index in [2.05, 4.69) is 4.72 Å². The van der Waals surface area contributed by atoms with Gasteiger partial charge in [0.15, 0.2) is 0 Å². The molecule has 3 atom stereocenters. The van der Waals surface area contributed by atoms with Crippen molar-refractivity contribution in [1.82, 2.24) is 4.72 Å². The first-order valence-electron chi connectivity index (χ1n) is 5.61. The van der Waals surface area contributed by atoms with Crippen molar-refractivity contribution in [3.05, 3.63) is 23.8 Å². The monoisotopic (exact) mass is 272 g/mol. The van der Waals surface area contributed by atoms with E-state index < -0.39 is 17.4 Å². The van der Waals surface area contributed by atoms with Gasteiger partial charge >= 0.3 is 0 Å². The fourth-order valence-corrected chi connectivity index (χ4v) is 1.78. The average Bonchev–Trinajstić information content (AvgIpc) is 2.27. The van der Waals surface area contributed by atoms with Crippen molar-refractivity contribution in [3.63, 3.8) is 0 Å². The van der Waals surface area contributed by atoms with Gasteiger partial charge < -0.3 is 20.8 Å². The van der Waals surface area contributed by atoms with Crippen LogP contribution in [0.4, 0.5) is 5.69 Å². The molecule has 1 aromatic carbocycles. The molecule has 0 aliphatic carbocycles. The molecule has 0 aliphatic rings. The molecule has 0 fully saturated rings. The minimum Gasteiger partial charge on any atom is -0.760 e. The summed E-state index contributed by atoms with van der Waals surface area (Å²) in [5.41, 5.74) is 12.4. The lowest BCUT2D eigenvalue weighted by Gasteiger charge is -2.22. The van der Waals surface area contributed by atoms with Crippen molar-refractivity contribution in [2.45, 2.75) is 32.5 Å². The third-order valence-electron chi connectivity index (χ3n) is 2.54. The molecule has 0 aliphatic heterocycles. The largest absolute Gasteiger partial charge is 0.760 e. The highest BCUT2D eigenvalue weighted by Gasteiger charge is 2.16. The topological polar surface area (TPSA) is 113 Å². The summed E-state index contributed by atoms with van der Waals surface area (Å²) in [5, 5.41) is 0. The molecule has 6 nitrogen and oxygen atoms in total. The maximum absolute atomic E-state index is 10.6. The van der Waals surface area contributed by atoms with Crippen LogP contribution in [-0.2, 0) is 11.3 Å². The van der Waals surface area contributed by atoms with Crippen molar-refractivity contribution in [2.75, 3.05) is 5.73 Å². The van der Waals surface area contributed by atoms with Gasteiger partial charge in [0, 0.05) is 22.5 Å². The summed E-state index contributed by atoms with van der Waals surface area (Å²) in [4.78, 5) is 0. The Morgan fingerprint density at radius 3 is 2.78 bits per heavy atom. The molecule has 18 heavy (non-hydrogen) atoms. The Labute approximate surface area is 109 Å². The lowest BCUT2D eigenvalue weighted by Crippen LogP contribution is -2.31. The molecule has 0 saturated carbocycles. The van der Waals surface area contributed by atoms with Crippen molar-refractivity contribution >= 4 is 17.0 Å². The van der Waals surface area contributed by atoms with Crippen LogP contribution < -0.4 is 20.9 Å². The molecule has 102 valence electrons. The number of hydrogen-bond acceptors (Lipinski definition) is 5. The lowest BCUT2D eigenvalue weighted by atomic mass is 10.1. The smallest absolute Gasteiger partial charge is 0.127 e. The summed E-state index contributed by atoms with van der Waals surface area (Å²) >= 11 is -2.46. The van der Waals surface area contributed by atoms with E-state index in [1.165, 1.54) is 0 Å². The number of nitrogens with one attached hydrogen (secondary N) is 1. The highest BCUT2D eigenvalue weighted by Crippen LogP contribution is 2.29. The van der Waals surface area contributed by atoms with Gasteiger partial charge in [0.25, 0.3) is 0 Å². The normalized spacial score (nSPS) is 16.0. The number of nitrogens with two attached hydrogens (primary N) is 2. The highest BCUT2D eigenvalue weighted by molar-refractivity contribution is 7.77. The fraction of sp³-hybridized carbons (Fsp3) is 0.455. The van der Waals surface area contributed by atoms with E-state index in [9.17, 15) is 8.76 Å². The Morgan fingerprint density at radius 1 is 1.56 bits per heavy atom. The predicted molar refractivity (Wildman–Crippen MR) is 70.2 cm³/mol. The van der Waals surface area contributed by atoms with E-state index in [1.807, 2.05) is 13.8 Å². The van der Waals surface area contributed by atoms with Crippen LogP contribution in [0, 0.1) is 0 Å². The number of anilines is 1. The molecule has 5 N–H and O–H groups in total. The minimum atomic E-state index is -2.46. The Kier molecular flexibility index (Phi) is 5.54. The Bertz CT molecular complexity index is 428. The number of nitrogen functional groups attached to an aromatic ring is 1. The Hall–Kier alpha value is -1.15. The fourth-order valence-electron chi connectivity index (χ4n) is 1.46. The Balaban J connectivity index is 3.03. The maximum Gasteiger partial charge on any atom is 0.127 e. The molecule has 0 aromatic heterocycles. The van der Waals surface area contributed by atoms with E-state index in [-0.39, 0.29) is 6.10 Å². The van der Waals surface area contributed by atoms with Crippen molar-refractivity contribution < 1.29 is 13.5 Å². The molecule has 1 aromatic rings. The summed E-state index contributed by atoms with van der Waals surface area (Å²) < 4.78 is 29.1. The summed E-state index contributed by atoms with van der Waals surface area (Å²) in [6.07, 6.45) is -0.108. The van der Waals surface area contributed by atoms with Gasteiger partial charge in [-0.3, -0.25) is 4.21 Å². The molecule has 7 heteroatoms. The number of rotatable bonds is 6. The molecule has 0 bridgehead atoms. The van der Waals surface area contributed by atoms with Gasteiger partial charge in [0.05, 0.1) is 12.3 Å². The van der Waals surface area contributed by atoms with Gasteiger partial charge in [-0.05, 0) is 25.5 Å². The van der Waals surface area contributed by atoms with E-state index in [0.717, 1.165) is 6.42 Å². The number of ether oxygens (including phenoxy) is 1. The van der Waals surface area contributed by atoms with Crippen LogP contribution in [0.5, 0.6) is 5.75 Å². The van der Waals surface area contributed by atoms with E-state index in [4.69, 9.17) is 16.2 Å². The van der Waals surface area contributed by atoms with Crippen LogP contribution in [0.3, 0.4) is 0 Å². The van der Waals surface area contributed by atoms with Gasteiger partial charge in [-0.2, -0.15) is 0 Å². The second kappa shape index (κ2) is 6.69. The molecule has 1 rings (SSSR count). The zero-order valence-electron chi connectivity index (χ0n) is 10.4. The first-order chi connectivity index (χ1) is 8.45. The molecule has 0 saturated heterocycles. The molecule has 0 heterocycles. The van der Waals surface area contributed by atoms with Gasteiger partial charge in [0.1, 0.15) is 5.75 Å². The van der Waals surface area contributed by atoms with Crippen LogP contribution in [-0.4, -0.2) is 14.9 Å². The first-order valence-corrected chi connectivity index (χ1v) is 6.69. The summed E-state index contributed by atoms with van der Waals surface area (Å²) in [7, 11) is 0. The molecule has 0 amide bonds. The zero-order valence-corrected chi connectivity index (χ0v) is 11.2. The van der Waals surface area contributed by atoms with E-state index in [0.29, 0.717) is 17.0 Å². The third kappa shape index (κ3) is 3.95. The van der Waals surface area contributed by atoms with Crippen LogP contribution >= 0.6 is 0 Å². The second-order valence-corrected chi connectivity index (χ2v) is 4.63. The van der Waals surface area contributed by atoms with Gasteiger partial charge in [-0.25, -0.2) is 4.72 Å². The standard InChI is InChI=1S/C11H19N3O3S/c1-3-7(2)17-9-6-4-5-8(12)10(9)11(13)14-18(15)16/h4-7,11,14H,3,12-13H2,1-2H3,(H,15,16)/p-1. The maximum atomic E-state index is 10.6. The number of hydrogen-bond donors (Lipinski definition) is 3. The molecule has 3 unspecified atom stereocenters. The summed E-state index contributed by atoms with van der Waals surface area (Å²) in [5.74, 6) is 0.495. The molecular weight excluding hydrogens is 254 g/mol. The van der Waals surface area contributed by atoms with Crippen molar-refractivity contribution in [1.29, 1.82) is 0 Å². The predicted octanol–water partition coefficient (Wildman–Crippen LogP) is 0.787. The van der Waals surface area contributed by atoms with Gasteiger partial charge in [-0.15, -0.1) is 0 Å². The van der Waals surface area contributed by atoms with Crippen LogP contribution in [0.25, 0.3) is 0 Å². The van der Waals surface area contributed by atoms with E-state index >= 15 is 0 Å². The summed E-state index contributed by atoms with van der Waals surface area (Å²) in [6, 6.07) is 5.10. The molecular formula is C11H18N3O3S-. The summed E-state index contributed by atoms with van der Waals surface area (Å²) in [6.45, 7) is 3.90.